The number of rotatable bonds is 5. The minimum atomic E-state index is -0.607. The molecule has 0 fully saturated rings. The molecule has 0 atom stereocenters. The first-order chi connectivity index (χ1) is 12.2. The van der Waals surface area contributed by atoms with E-state index in [0.29, 0.717) is 22.6 Å². The van der Waals surface area contributed by atoms with Gasteiger partial charge in [-0.1, -0.05) is 24.3 Å². The highest BCUT2D eigenvalue weighted by molar-refractivity contribution is 6.03. The van der Waals surface area contributed by atoms with Crippen molar-refractivity contribution >= 4 is 18.0 Å². The van der Waals surface area contributed by atoms with Crippen LogP contribution >= 0.6 is 0 Å². The predicted octanol–water partition coefficient (Wildman–Crippen LogP) is 2.75. The fourth-order valence-corrected chi connectivity index (χ4v) is 2.31. The topological polar surface area (TPSA) is 73.9 Å². The molecule has 1 heterocycles. The number of fused-ring (bicyclic) bond motifs is 1. The summed E-state index contributed by atoms with van der Waals surface area (Å²) in [5.74, 6) is 0.236. The molecule has 0 aliphatic carbocycles. The third-order valence-electron chi connectivity index (χ3n) is 3.49. The van der Waals surface area contributed by atoms with Gasteiger partial charge in [0, 0.05) is 5.56 Å². The first-order valence-electron chi connectivity index (χ1n) is 7.82. The first kappa shape index (κ1) is 16.6. The van der Waals surface area contributed by atoms with E-state index < -0.39 is 5.97 Å². The Bertz CT molecular complexity index is 814. The molecule has 2 aromatic carbocycles. The molecule has 0 radical (unpaired) electrons. The largest absolute Gasteiger partial charge is 0.461 e. The minimum absolute atomic E-state index is 0.0505. The molecule has 25 heavy (non-hydrogen) atoms. The van der Waals surface area contributed by atoms with Gasteiger partial charge < -0.3 is 19.5 Å². The van der Waals surface area contributed by atoms with E-state index in [4.69, 9.17) is 14.2 Å². The second kappa shape index (κ2) is 7.53. The number of benzene rings is 2. The summed E-state index contributed by atoms with van der Waals surface area (Å²) < 4.78 is 15.6. The van der Waals surface area contributed by atoms with Gasteiger partial charge in [-0.2, -0.15) is 0 Å². The molecular formula is C19H17NO5. The number of ether oxygens (including phenoxy) is 3. The first-order valence-corrected chi connectivity index (χ1v) is 7.82. The van der Waals surface area contributed by atoms with Gasteiger partial charge in [-0.15, -0.1) is 0 Å². The number of nitrogens with one attached hydrogen (secondary N) is 1. The number of hydrogen-bond donors (Lipinski definition) is 1. The van der Waals surface area contributed by atoms with Crippen molar-refractivity contribution in [3.05, 3.63) is 65.4 Å². The Kier molecular flexibility index (Phi) is 4.99. The molecule has 1 N–H and O–H groups in total. The van der Waals surface area contributed by atoms with E-state index in [2.05, 4.69) is 5.32 Å². The van der Waals surface area contributed by atoms with Crippen molar-refractivity contribution in [1.29, 1.82) is 0 Å². The highest BCUT2D eigenvalue weighted by Crippen LogP contribution is 2.33. The maximum atomic E-state index is 12.3. The van der Waals surface area contributed by atoms with Gasteiger partial charge in [-0.25, -0.2) is 4.79 Å². The molecule has 0 aromatic heterocycles. The fourth-order valence-electron chi connectivity index (χ4n) is 2.31. The number of carbonyl (C=O) groups excluding carboxylic acids is 2. The van der Waals surface area contributed by atoms with E-state index in [1.807, 2.05) is 6.07 Å². The molecule has 128 valence electrons. The minimum Gasteiger partial charge on any atom is -0.461 e. The van der Waals surface area contributed by atoms with Crippen LogP contribution < -0.4 is 14.8 Å². The van der Waals surface area contributed by atoms with E-state index in [0.717, 1.165) is 0 Å². The SMILES string of the molecule is CCOC(=O)/C(=C\c1ccc2c(c1)OCO2)NC(=O)c1ccccc1. The molecule has 0 unspecified atom stereocenters. The van der Waals surface area contributed by atoms with Crippen molar-refractivity contribution in [3.8, 4) is 11.5 Å². The van der Waals surface area contributed by atoms with Crippen molar-refractivity contribution in [3.63, 3.8) is 0 Å². The van der Waals surface area contributed by atoms with Gasteiger partial charge >= 0.3 is 5.97 Å². The van der Waals surface area contributed by atoms with Gasteiger partial charge in [0.1, 0.15) is 5.70 Å². The van der Waals surface area contributed by atoms with E-state index >= 15 is 0 Å². The monoisotopic (exact) mass is 339 g/mol. The molecule has 1 aliphatic rings. The van der Waals surface area contributed by atoms with E-state index in [1.165, 1.54) is 0 Å². The highest BCUT2D eigenvalue weighted by atomic mass is 16.7. The number of amides is 1. The zero-order valence-electron chi connectivity index (χ0n) is 13.7. The Balaban J connectivity index is 1.86. The third kappa shape index (κ3) is 3.98. The predicted molar refractivity (Wildman–Crippen MR) is 91.1 cm³/mol. The quantitative estimate of drug-likeness (QED) is 0.670. The molecule has 3 rings (SSSR count). The number of carbonyl (C=O) groups is 2. The molecule has 2 aromatic rings. The Morgan fingerprint density at radius 1 is 1.12 bits per heavy atom. The van der Waals surface area contributed by atoms with Crippen LogP contribution in [0.5, 0.6) is 11.5 Å². The van der Waals surface area contributed by atoms with Gasteiger partial charge in [-0.05, 0) is 42.8 Å². The number of hydrogen-bond acceptors (Lipinski definition) is 5. The Labute approximate surface area is 145 Å². The summed E-state index contributed by atoms with van der Waals surface area (Å²) in [7, 11) is 0. The summed E-state index contributed by atoms with van der Waals surface area (Å²) >= 11 is 0. The summed E-state index contributed by atoms with van der Waals surface area (Å²) in [6, 6.07) is 13.9. The van der Waals surface area contributed by atoms with Crippen LogP contribution in [0.3, 0.4) is 0 Å². The summed E-state index contributed by atoms with van der Waals surface area (Å²) in [5.41, 5.74) is 1.18. The second-order valence-corrected chi connectivity index (χ2v) is 5.21. The smallest absolute Gasteiger partial charge is 0.354 e. The van der Waals surface area contributed by atoms with Crippen molar-refractivity contribution in [1.82, 2.24) is 5.32 Å². The molecule has 0 bridgehead atoms. The molecule has 1 amide bonds. The third-order valence-corrected chi connectivity index (χ3v) is 3.49. The lowest BCUT2D eigenvalue weighted by Gasteiger charge is -2.10. The summed E-state index contributed by atoms with van der Waals surface area (Å²) in [5, 5.41) is 2.61. The second-order valence-electron chi connectivity index (χ2n) is 5.21. The van der Waals surface area contributed by atoms with Crippen LogP contribution in [0.4, 0.5) is 0 Å². The van der Waals surface area contributed by atoms with Crippen molar-refractivity contribution in [2.24, 2.45) is 0 Å². The van der Waals surface area contributed by atoms with E-state index in [1.54, 1.807) is 55.5 Å². The summed E-state index contributed by atoms with van der Waals surface area (Å²) in [4.78, 5) is 24.5. The van der Waals surface area contributed by atoms with Gasteiger partial charge in [0.25, 0.3) is 5.91 Å². The Morgan fingerprint density at radius 3 is 2.64 bits per heavy atom. The zero-order valence-corrected chi connectivity index (χ0v) is 13.7. The van der Waals surface area contributed by atoms with Gasteiger partial charge in [-0.3, -0.25) is 4.79 Å². The van der Waals surface area contributed by atoms with Crippen molar-refractivity contribution < 1.29 is 23.8 Å². The number of esters is 1. The van der Waals surface area contributed by atoms with Crippen LogP contribution in [0.2, 0.25) is 0 Å². The normalized spacial score (nSPS) is 12.6. The molecule has 6 heteroatoms. The van der Waals surface area contributed by atoms with Gasteiger partial charge in [0.2, 0.25) is 6.79 Å². The lowest BCUT2D eigenvalue weighted by molar-refractivity contribution is -0.138. The Morgan fingerprint density at radius 2 is 1.88 bits per heavy atom. The van der Waals surface area contributed by atoms with Crippen LogP contribution in [0.15, 0.2) is 54.2 Å². The fraction of sp³-hybridized carbons (Fsp3) is 0.158. The van der Waals surface area contributed by atoms with Crippen LogP contribution in [0.25, 0.3) is 6.08 Å². The zero-order chi connectivity index (χ0) is 17.6. The van der Waals surface area contributed by atoms with Gasteiger partial charge in [0.05, 0.1) is 6.61 Å². The molecule has 1 aliphatic heterocycles. The van der Waals surface area contributed by atoms with Crippen LogP contribution in [-0.4, -0.2) is 25.3 Å². The molecule has 0 saturated heterocycles. The lowest BCUT2D eigenvalue weighted by Crippen LogP contribution is -2.28. The van der Waals surface area contributed by atoms with Gasteiger partial charge in [0.15, 0.2) is 11.5 Å². The molecule has 0 spiro atoms. The Hall–Kier alpha value is -3.28. The standard InChI is InChI=1S/C19H17NO5/c1-2-23-19(22)15(20-18(21)14-6-4-3-5-7-14)10-13-8-9-16-17(11-13)25-12-24-16/h3-11H,2,12H2,1H3,(H,20,21)/b15-10+. The van der Waals surface area contributed by atoms with Crippen molar-refractivity contribution in [2.45, 2.75) is 6.92 Å². The van der Waals surface area contributed by atoms with Crippen LogP contribution in [0.1, 0.15) is 22.8 Å². The van der Waals surface area contributed by atoms with E-state index in [-0.39, 0.29) is 25.0 Å². The average molecular weight is 339 g/mol. The maximum absolute atomic E-state index is 12.3. The van der Waals surface area contributed by atoms with Crippen molar-refractivity contribution in [2.75, 3.05) is 13.4 Å². The molecule has 6 nitrogen and oxygen atoms in total. The molecule has 0 saturated carbocycles. The summed E-state index contributed by atoms with van der Waals surface area (Å²) in [6.45, 7) is 2.08. The average Bonchev–Trinajstić information content (AvgIpc) is 3.10. The summed E-state index contributed by atoms with van der Waals surface area (Å²) in [6.07, 6.45) is 1.54. The highest BCUT2D eigenvalue weighted by Gasteiger charge is 2.17. The van der Waals surface area contributed by atoms with E-state index in [9.17, 15) is 9.59 Å². The molecular weight excluding hydrogens is 322 g/mol. The van der Waals surface area contributed by atoms with Crippen LogP contribution in [0, 0.1) is 0 Å². The maximum Gasteiger partial charge on any atom is 0.354 e. The van der Waals surface area contributed by atoms with Crippen LogP contribution in [-0.2, 0) is 9.53 Å². The lowest BCUT2D eigenvalue weighted by atomic mass is 10.1.